The summed E-state index contributed by atoms with van der Waals surface area (Å²) in [6.45, 7) is 8.73. The van der Waals surface area contributed by atoms with Crippen LogP contribution < -0.4 is 9.80 Å². The van der Waals surface area contributed by atoms with Crippen LogP contribution in [-0.2, 0) is 9.84 Å². The Morgan fingerprint density at radius 2 is 1.12 bits per heavy atom. The largest absolute Gasteiger partial charge is 0.314 e. The van der Waals surface area contributed by atoms with E-state index in [-0.39, 0.29) is 0 Å². The average Bonchev–Trinajstić information content (AvgIpc) is 3.70. The minimum absolute atomic E-state index is 0.469. The molecule has 0 amide bonds. The summed E-state index contributed by atoms with van der Waals surface area (Å²) in [5.74, 6) is 0. The second-order valence-electron chi connectivity index (χ2n) is 16.3. The Morgan fingerprint density at radius 3 is 1.69 bits per heavy atom. The molecule has 5 aromatic carbocycles. The lowest BCUT2D eigenvalue weighted by molar-refractivity contribution is 0.479. The van der Waals surface area contributed by atoms with E-state index in [4.69, 9.17) is 0 Å². The molecule has 0 aromatic heterocycles. The van der Waals surface area contributed by atoms with Crippen LogP contribution in [0.1, 0.15) is 52.5 Å². The van der Waals surface area contributed by atoms with Gasteiger partial charge in [-0.1, -0.05) is 141 Å². The lowest BCUT2D eigenvalue weighted by atomic mass is 9.73. The molecule has 5 aliphatic rings. The third kappa shape index (κ3) is 5.44. The highest BCUT2D eigenvalue weighted by molar-refractivity contribution is 7.96. The predicted octanol–water partition coefficient (Wildman–Crippen LogP) is 13.5. The molecule has 1 atom stereocenters. The Balaban J connectivity index is 1.10. The number of nitrogens with zero attached hydrogens (tertiary/aromatic N) is 2. The summed E-state index contributed by atoms with van der Waals surface area (Å²) in [6.07, 6.45) is 16.6. The summed E-state index contributed by atoms with van der Waals surface area (Å²) in [6, 6.07) is 42.9. The van der Waals surface area contributed by atoms with Crippen LogP contribution in [0.4, 0.5) is 17.1 Å². The molecule has 3 aliphatic heterocycles. The van der Waals surface area contributed by atoms with Gasteiger partial charge in [0.2, 0.25) is 0 Å². The first-order valence-corrected chi connectivity index (χ1v) is 21.9. The summed E-state index contributed by atoms with van der Waals surface area (Å²) in [4.78, 5) is 5.16. The summed E-state index contributed by atoms with van der Waals surface area (Å²) < 4.78 is 30.2. The third-order valence-corrected chi connectivity index (χ3v) is 15.1. The van der Waals surface area contributed by atoms with Crippen molar-refractivity contribution in [2.45, 2.75) is 52.2 Å². The highest BCUT2D eigenvalue weighted by Gasteiger charge is 2.48. The number of anilines is 3. The first kappa shape index (κ1) is 36.2. The van der Waals surface area contributed by atoms with E-state index in [1.165, 1.54) is 22.3 Å². The van der Waals surface area contributed by atoms with Crippen LogP contribution in [0, 0.1) is 5.41 Å². The number of para-hydroxylation sites is 3. The van der Waals surface area contributed by atoms with Gasteiger partial charge in [-0.2, -0.15) is 0 Å². The maximum Gasteiger partial charge on any atom is 0.185 e. The van der Waals surface area contributed by atoms with Gasteiger partial charge in [-0.05, 0) is 103 Å². The zero-order valence-corrected chi connectivity index (χ0v) is 34.2. The molecule has 2 aliphatic carbocycles. The highest BCUT2D eigenvalue weighted by Crippen LogP contribution is 2.55. The highest BCUT2D eigenvalue weighted by atomic mass is 32.2. The first-order chi connectivity index (χ1) is 28.2. The van der Waals surface area contributed by atoms with Gasteiger partial charge in [-0.25, -0.2) is 8.42 Å². The fourth-order valence-corrected chi connectivity index (χ4v) is 12.5. The number of sulfone groups is 1. The lowest BCUT2D eigenvalue weighted by Crippen LogP contribution is -2.39. The molecule has 0 bridgehead atoms. The number of hydrogen-bond acceptors (Lipinski definition) is 4. The van der Waals surface area contributed by atoms with Crippen molar-refractivity contribution in [2.75, 3.05) is 9.80 Å². The van der Waals surface area contributed by atoms with Gasteiger partial charge >= 0.3 is 0 Å². The molecule has 0 N–H and O–H groups in total. The van der Waals surface area contributed by atoms with Gasteiger partial charge in [0.1, 0.15) is 0 Å². The van der Waals surface area contributed by atoms with Crippen molar-refractivity contribution in [3.8, 4) is 33.4 Å². The second-order valence-corrected chi connectivity index (χ2v) is 18.4. The standard InChI is InChI=1S/C53H46N2O2S/c1-5-17-38-35(2)54(48-26-13-10-23-43(48)40-20-7-6-19-39(38)40)37-18-16-29-51-47(34-37)53(3,4)46-32-30-36(31-33-52(46)58(51,56)57)55-49-27-14-11-24-44(49)41-21-8-9-22-42(41)45-25-12-15-28-50(45)55/h5-15,17-28,30-31,33-34,51H,16,29,32H2,1-4H3/b17-5-. The maximum atomic E-state index is 15.1. The predicted molar refractivity (Wildman–Crippen MR) is 242 cm³/mol. The number of rotatable bonds is 3. The summed E-state index contributed by atoms with van der Waals surface area (Å²) >= 11 is 0. The molecule has 58 heavy (non-hydrogen) atoms. The van der Waals surface area contributed by atoms with Gasteiger partial charge in [-0.3, -0.25) is 0 Å². The van der Waals surface area contributed by atoms with E-state index in [1.807, 2.05) is 12.2 Å². The van der Waals surface area contributed by atoms with Gasteiger partial charge in [-0.15, -0.1) is 0 Å². The van der Waals surface area contributed by atoms with Crippen molar-refractivity contribution >= 4 is 32.5 Å². The van der Waals surface area contributed by atoms with Crippen molar-refractivity contribution in [3.05, 3.63) is 203 Å². The van der Waals surface area contributed by atoms with Crippen molar-refractivity contribution in [2.24, 2.45) is 5.41 Å². The van der Waals surface area contributed by atoms with Gasteiger partial charge in [0.15, 0.2) is 9.84 Å². The van der Waals surface area contributed by atoms with Gasteiger partial charge in [0.25, 0.3) is 0 Å². The van der Waals surface area contributed by atoms with Crippen molar-refractivity contribution < 1.29 is 8.42 Å². The van der Waals surface area contributed by atoms with Crippen LogP contribution in [-0.4, -0.2) is 13.7 Å². The van der Waals surface area contributed by atoms with E-state index in [1.54, 1.807) is 0 Å². The minimum Gasteiger partial charge on any atom is -0.314 e. The Morgan fingerprint density at radius 1 is 0.621 bits per heavy atom. The topological polar surface area (TPSA) is 40.6 Å². The summed E-state index contributed by atoms with van der Waals surface area (Å²) in [7, 11) is -3.73. The number of allylic oxidation sites excluding steroid dienone is 10. The van der Waals surface area contributed by atoms with Crippen LogP contribution >= 0.6 is 0 Å². The van der Waals surface area contributed by atoms with Crippen LogP contribution in [0.2, 0.25) is 0 Å². The lowest BCUT2D eigenvalue weighted by Gasteiger charge is -2.41. The molecule has 0 saturated carbocycles. The molecular weight excluding hydrogens is 729 g/mol. The van der Waals surface area contributed by atoms with Crippen LogP contribution in [0.15, 0.2) is 197 Å². The van der Waals surface area contributed by atoms with E-state index in [9.17, 15) is 0 Å². The number of hydrogen-bond donors (Lipinski definition) is 0. The van der Waals surface area contributed by atoms with Gasteiger partial charge < -0.3 is 9.80 Å². The molecule has 3 heterocycles. The number of fused-ring (bicyclic) bond motifs is 9. The molecule has 286 valence electrons. The van der Waals surface area contributed by atoms with E-state index in [0.29, 0.717) is 24.2 Å². The van der Waals surface area contributed by atoms with Crippen LogP contribution in [0.25, 0.3) is 39.0 Å². The molecule has 5 aromatic rings. The fourth-order valence-electron chi connectivity index (χ4n) is 10.1. The van der Waals surface area contributed by atoms with Crippen molar-refractivity contribution in [3.63, 3.8) is 0 Å². The monoisotopic (exact) mass is 774 g/mol. The third-order valence-electron chi connectivity index (χ3n) is 12.8. The van der Waals surface area contributed by atoms with E-state index >= 15 is 8.42 Å². The quantitative estimate of drug-likeness (QED) is 0.183. The molecule has 4 nitrogen and oxygen atoms in total. The van der Waals surface area contributed by atoms with E-state index in [2.05, 4.69) is 189 Å². The zero-order chi connectivity index (χ0) is 39.8. The maximum absolute atomic E-state index is 15.1. The smallest absolute Gasteiger partial charge is 0.185 e. The molecule has 0 saturated heterocycles. The van der Waals surface area contributed by atoms with Gasteiger partial charge in [0, 0.05) is 44.8 Å². The van der Waals surface area contributed by atoms with E-state index < -0.39 is 20.5 Å². The Labute approximate surface area is 342 Å². The SMILES string of the molecule is C/C=C\C1=C(C)N(C2=CCCC3C(=C2)C(C)(C)C2=C(C=CC(N4c5ccccc5-c5ccccc5-c5ccccc54)=CC2)S3(=O)=O)c2ccccc2-c2ccccc21. The fraction of sp³-hybridized carbons (Fsp3) is 0.170. The second kappa shape index (κ2) is 13.7. The van der Waals surface area contributed by atoms with Gasteiger partial charge in [0.05, 0.1) is 27.2 Å². The Hall–Kier alpha value is -6.17. The zero-order valence-electron chi connectivity index (χ0n) is 33.4. The molecule has 1 unspecified atom stereocenters. The summed E-state index contributed by atoms with van der Waals surface area (Å²) in [5, 5.41) is -0.631. The Bertz CT molecular complexity index is 2830. The number of benzene rings is 5. The molecular formula is C53H46N2O2S. The normalized spacial score (nSPS) is 20.1. The molecule has 5 heteroatoms. The van der Waals surface area contributed by atoms with Crippen molar-refractivity contribution in [1.29, 1.82) is 0 Å². The molecule has 10 rings (SSSR count). The van der Waals surface area contributed by atoms with Crippen LogP contribution in [0.3, 0.4) is 0 Å². The van der Waals surface area contributed by atoms with Crippen LogP contribution in [0.5, 0.6) is 0 Å². The minimum atomic E-state index is -3.73. The summed E-state index contributed by atoms with van der Waals surface area (Å²) in [5.41, 5.74) is 17.0. The average molecular weight is 775 g/mol. The Kier molecular flexibility index (Phi) is 8.58. The first-order valence-electron chi connectivity index (χ1n) is 20.4. The molecule has 0 fully saturated rings. The molecule has 0 spiro atoms. The molecule has 0 radical (unpaired) electrons. The van der Waals surface area contributed by atoms with Crippen molar-refractivity contribution in [1.82, 2.24) is 0 Å². The van der Waals surface area contributed by atoms with E-state index in [0.717, 1.165) is 67.6 Å².